The molecule has 1 heteroatoms. The fraction of sp³-hybridized carbons (Fsp3) is 1.00. The molecule has 0 fully saturated rings. The minimum Gasteiger partial charge on any atom is -0.382 e. The first-order chi connectivity index (χ1) is 3.81. The zero-order chi connectivity index (χ0) is 6.41. The molecular formula is C7H16O. The molecule has 0 aromatic heterocycles. The van der Waals surface area contributed by atoms with Gasteiger partial charge in [0.25, 0.3) is 0 Å². The third-order valence-electron chi connectivity index (χ3n) is 1.37. The lowest BCUT2D eigenvalue weighted by Gasteiger charge is -2.06. The molecule has 0 bridgehead atoms. The molecule has 0 radical (unpaired) electrons. The van der Waals surface area contributed by atoms with Crippen molar-refractivity contribution >= 4 is 0 Å². The number of ether oxygens (including phenoxy) is 1. The molecule has 1 atom stereocenters. The Morgan fingerprint density at radius 1 is 1.50 bits per heavy atom. The van der Waals surface area contributed by atoms with Crippen LogP contribution in [0.2, 0.25) is 0 Å². The van der Waals surface area contributed by atoms with E-state index in [2.05, 4.69) is 13.8 Å². The van der Waals surface area contributed by atoms with Gasteiger partial charge in [-0.2, -0.15) is 0 Å². The van der Waals surface area contributed by atoms with Crippen LogP contribution < -0.4 is 0 Å². The Morgan fingerprint density at radius 2 is 2.12 bits per heavy atom. The summed E-state index contributed by atoms with van der Waals surface area (Å²) in [5, 5.41) is 0. The molecule has 0 N–H and O–H groups in total. The lowest BCUT2D eigenvalue weighted by atomic mass is 10.2. The summed E-state index contributed by atoms with van der Waals surface area (Å²) in [6, 6.07) is 0. The van der Waals surface area contributed by atoms with Crippen LogP contribution in [0.4, 0.5) is 0 Å². The molecular weight excluding hydrogens is 100 g/mol. The molecule has 8 heavy (non-hydrogen) atoms. The second-order valence-corrected chi connectivity index (χ2v) is 2.19. The van der Waals surface area contributed by atoms with Crippen molar-refractivity contribution < 1.29 is 4.74 Å². The number of hydrogen-bond donors (Lipinski definition) is 0. The number of unbranched alkanes of at least 4 members (excludes halogenated alkanes) is 1. The first kappa shape index (κ1) is 7.96. The molecule has 0 aliphatic heterocycles. The summed E-state index contributed by atoms with van der Waals surface area (Å²) < 4.78 is 5.05. The van der Waals surface area contributed by atoms with Crippen molar-refractivity contribution in [3.63, 3.8) is 0 Å². The summed E-state index contributed by atoms with van der Waals surface area (Å²) in [6.45, 7) is 4.30. The topological polar surface area (TPSA) is 9.23 Å². The van der Waals surface area contributed by atoms with E-state index in [0.717, 1.165) is 0 Å². The standard InChI is InChI=1S/C7H16O/c1-4-5-6-7(2)8-3/h7H,4-6H2,1-3H3/t7-/m1/s1. The van der Waals surface area contributed by atoms with Crippen LogP contribution in [-0.2, 0) is 4.74 Å². The van der Waals surface area contributed by atoms with E-state index in [0.29, 0.717) is 6.10 Å². The first-order valence-corrected chi connectivity index (χ1v) is 3.34. The normalized spacial score (nSPS) is 13.9. The maximum absolute atomic E-state index is 5.05. The fourth-order valence-corrected chi connectivity index (χ4v) is 0.609. The van der Waals surface area contributed by atoms with Gasteiger partial charge in [-0.05, 0) is 13.3 Å². The third kappa shape index (κ3) is 4.13. The van der Waals surface area contributed by atoms with Crippen molar-refractivity contribution in [1.29, 1.82) is 0 Å². The lowest BCUT2D eigenvalue weighted by Crippen LogP contribution is -2.02. The minimum absolute atomic E-state index is 0.454. The summed E-state index contributed by atoms with van der Waals surface area (Å²) in [6.07, 6.45) is 4.21. The smallest absolute Gasteiger partial charge is 0.0543 e. The Balaban J connectivity index is 2.86. The second-order valence-electron chi connectivity index (χ2n) is 2.19. The van der Waals surface area contributed by atoms with E-state index in [9.17, 15) is 0 Å². The van der Waals surface area contributed by atoms with Gasteiger partial charge in [0, 0.05) is 7.11 Å². The third-order valence-corrected chi connectivity index (χ3v) is 1.37. The lowest BCUT2D eigenvalue weighted by molar-refractivity contribution is 0.109. The Morgan fingerprint density at radius 3 is 2.50 bits per heavy atom. The van der Waals surface area contributed by atoms with Crippen LogP contribution in [0.3, 0.4) is 0 Å². The summed E-state index contributed by atoms with van der Waals surface area (Å²) in [4.78, 5) is 0. The molecule has 50 valence electrons. The molecule has 0 aliphatic carbocycles. The molecule has 0 aliphatic rings. The molecule has 0 heterocycles. The van der Waals surface area contributed by atoms with Gasteiger partial charge >= 0.3 is 0 Å². The van der Waals surface area contributed by atoms with Gasteiger partial charge in [-0.15, -0.1) is 0 Å². The largest absolute Gasteiger partial charge is 0.382 e. The minimum atomic E-state index is 0.454. The van der Waals surface area contributed by atoms with Crippen LogP contribution in [-0.4, -0.2) is 13.2 Å². The van der Waals surface area contributed by atoms with Crippen molar-refractivity contribution in [2.24, 2.45) is 0 Å². The van der Waals surface area contributed by atoms with E-state index in [1.807, 2.05) is 0 Å². The van der Waals surface area contributed by atoms with Crippen molar-refractivity contribution in [1.82, 2.24) is 0 Å². The summed E-state index contributed by atoms with van der Waals surface area (Å²) in [5.74, 6) is 0. The molecule has 0 aromatic rings. The van der Waals surface area contributed by atoms with Crippen LogP contribution in [0.1, 0.15) is 33.1 Å². The number of methoxy groups -OCH3 is 1. The van der Waals surface area contributed by atoms with Gasteiger partial charge in [0.05, 0.1) is 6.10 Å². The molecule has 0 unspecified atom stereocenters. The van der Waals surface area contributed by atoms with Crippen molar-refractivity contribution in [2.45, 2.75) is 39.2 Å². The van der Waals surface area contributed by atoms with E-state index in [1.54, 1.807) is 7.11 Å². The van der Waals surface area contributed by atoms with Crippen LogP contribution >= 0.6 is 0 Å². The maximum atomic E-state index is 5.05. The van der Waals surface area contributed by atoms with Crippen molar-refractivity contribution in [3.05, 3.63) is 0 Å². The first-order valence-electron chi connectivity index (χ1n) is 3.34. The number of hydrogen-bond acceptors (Lipinski definition) is 1. The Bertz CT molecular complexity index is 43.7. The van der Waals surface area contributed by atoms with E-state index in [4.69, 9.17) is 4.74 Å². The zero-order valence-electron chi connectivity index (χ0n) is 6.11. The van der Waals surface area contributed by atoms with Gasteiger partial charge in [-0.1, -0.05) is 19.8 Å². The van der Waals surface area contributed by atoms with Crippen LogP contribution in [0.15, 0.2) is 0 Å². The quantitative estimate of drug-likeness (QED) is 0.547. The van der Waals surface area contributed by atoms with E-state index >= 15 is 0 Å². The average molecular weight is 116 g/mol. The van der Waals surface area contributed by atoms with Gasteiger partial charge in [0.1, 0.15) is 0 Å². The summed E-state index contributed by atoms with van der Waals surface area (Å²) >= 11 is 0. The average Bonchev–Trinajstić information content (AvgIpc) is 1.83. The second kappa shape index (κ2) is 5.10. The predicted molar refractivity (Wildman–Crippen MR) is 36.0 cm³/mol. The monoisotopic (exact) mass is 116 g/mol. The maximum Gasteiger partial charge on any atom is 0.0543 e. The van der Waals surface area contributed by atoms with Crippen LogP contribution in [0.25, 0.3) is 0 Å². The molecule has 1 nitrogen and oxygen atoms in total. The Kier molecular flexibility index (Phi) is 5.08. The van der Waals surface area contributed by atoms with E-state index in [-0.39, 0.29) is 0 Å². The Labute approximate surface area is 52.0 Å². The highest BCUT2D eigenvalue weighted by Gasteiger charge is 1.94. The predicted octanol–water partition coefficient (Wildman–Crippen LogP) is 2.21. The SMILES string of the molecule is CCCC[C@@H](C)OC. The van der Waals surface area contributed by atoms with E-state index in [1.165, 1.54) is 19.3 Å². The molecule has 0 amide bonds. The van der Waals surface area contributed by atoms with Gasteiger partial charge in [0.2, 0.25) is 0 Å². The molecule has 0 saturated carbocycles. The molecule has 0 saturated heterocycles. The molecule has 0 rings (SSSR count). The summed E-state index contributed by atoms with van der Waals surface area (Å²) in [5.41, 5.74) is 0. The van der Waals surface area contributed by atoms with Gasteiger partial charge < -0.3 is 4.74 Å². The van der Waals surface area contributed by atoms with Gasteiger partial charge in [-0.25, -0.2) is 0 Å². The van der Waals surface area contributed by atoms with Crippen molar-refractivity contribution in [3.8, 4) is 0 Å². The highest BCUT2D eigenvalue weighted by molar-refractivity contribution is 4.46. The van der Waals surface area contributed by atoms with E-state index < -0.39 is 0 Å². The highest BCUT2D eigenvalue weighted by Crippen LogP contribution is 2.01. The molecule has 0 spiro atoms. The van der Waals surface area contributed by atoms with Crippen LogP contribution in [0.5, 0.6) is 0 Å². The summed E-state index contributed by atoms with van der Waals surface area (Å²) in [7, 11) is 1.76. The van der Waals surface area contributed by atoms with Gasteiger partial charge in [-0.3, -0.25) is 0 Å². The molecule has 0 aromatic carbocycles. The number of rotatable bonds is 4. The van der Waals surface area contributed by atoms with Crippen LogP contribution in [0, 0.1) is 0 Å². The Hall–Kier alpha value is -0.0400. The highest BCUT2D eigenvalue weighted by atomic mass is 16.5. The van der Waals surface area contributed by atoms with Gasteiger partial charge in [0.15, 0.2) is 0 Å². The zero-order valence-corrected chi connectivity index (χ0v) is 6.11. The van der Waals surface area contributed by atoms with Crippen molar-refractivity contribution in [2.75, 3.05) is 7.11 Å². The fourth-order valence-electron chi connectivity index (χ4n) is 0.609.